The van der Waals surface area contributed by atoms with Gasteiger partial charge in [0.15, 0.2) is 0 Å². The Balaban J connectivity index is 2.52. The monoisotopic (exact) mass is 271 g/mol. The molecule has 0 aliphatic heterocycles. The van der Waals surface area contributed by atoms with E-state index in [-0.39, 0.29) is 5.97 Å². The van der Waals surface area contributed by atoms with Gasteiger partial charge in [0.25, 0.3) is 0 Å². The molecule has 4 nitrogen and oxygen atoms in total. The van der Waals surface area contributed by atoms with Crippen LogP contribution in [0.1, 0.15) is 18.1 Å². The number of aryl methyl sites for hydroxylation is 1. The third-order valence-corrected chi connectivity index (χ3v) is 3.00. The fraction of sp³-hybridized carbons (Fsp3) is 0.250. The lowest BCUT2D eigenvalue weighted by molar-refractivity contribution is -0.137. The van der Waals surface area contributed by atoms with E-state index in [2.05, 4.69) is 4.98 Å². The Labute approximate surface area is 118 Å². The summed E-state index contributed by atoms with van der Waals surface area (Å²) >= 11 is 0. The van der Waals surface area contributed by atoms with Crippen LogP contribution in [0.4, 0.5) is 0 Å². The summed E-state index contributed by atoms with van der Waals surface area (Å²) in [5, 5.41) is 0.979. The van der Waals surface area contributed by atoms with E-state index in [0.717, 1.165) is 27.8 Å². The number of pyridine rings is 1. The minimum Gasteiger partial charge on any atom is -0.494 e. The van der Waals surface area contributed by atoms with Crippen LogP contribution in [0.2, 0.25) is 0 Å². The molecular weight excluding hydrogens is 254 g/mol. The zero-order chi connectivity index (χ0) is 14.5. The topological polar surface area (TPSA) is 48.4 Å². The van der Waals surface area contributed by atoms with Crippen molar-refractivity contribution in [2.24, 2.45) is 0 Å². The molecule has 1 aromatic carbocycles. The van der Waals surface area contributed by atoms with Crippen molar-refractivity contribution in [3.05, 3.63) is 41.6 Å². The summed E-state index contributed by atoms with van der Waals surface area (Å²) in [5.41, 5.74) is 2.79. The molecule has 20 heavy (non-hydrogen) atoms. The van der Waals surface area contributed by atoms with Gasteiger partial charge in [-0.15, -0.1) is 0 Å². The van der Waals surface area contributed by atoms with E-state index in [1.807, 2.05) is 25.1 Å². The summed E-state index contributed by atoms with van der Waals surface area (Å²) in [6.07, 6.45) is 4.92. The first-order valence-corrected chi connectivity index (χ1v) is 6.44. The van der Waals surface area contributed by atoms with Crippen molar-refractivity contribution < 1.29 is 14.3 Å². The molecule has 0 aliphatic rings. The van der Waals surface area contributed by atoms with E-state index in [0.29, 0.717) is 6.61 Å². The molecule has 1 heterocycles. The summed E-state index contributed by atoms with van der Waals surface area (Å²) < 4.78 is 10.2. The van der Waals surface area contributed by atoms with Crippen molar-refractivity contribution in [2.45, 2.75) is 13.8 Å². The Morgan fingerprint density at radius 1 is 1.35 bits per heavy atom. The van der Waals surface area contributed by atoms with Crippen LogP contribution in [-0.4, -0.2) is 24.7 Å². The Kier molecular flexibility index (Phi) is 4.35. The van der Waals surface area contributed by atoms with Crippen LogP contribution < -0.4 is 4.74 Å². The van der Waals surface area contributed by atoms with Gasteiger partial charge in [0, 0.05) is 17.7 Å². The number of aromatic nitrogens is 1. The van der Waals surface area contributed by atoms with Crippen LogP contribution in [0.15, 0.2) is 30.5 Å². The van der Waals surface area contributed by atoms with Gasteiger partial charge < -0.3 is 9.47 Å². The molecule has 104 valence electrons. The van der Waals surface area contributed by atoms with Gasteiger partial charge in [0.1, 0.15) is 11.3 Å². The quantitative estimate of drug-likeness (QED) is 0.633. The van der Waals surface area contributed by atoms with Gasteiger partial charge >= 0.3 is 5.97 Å². The lowest BCUT2D eigenvalue weighted by Gasteiger charge is -2.09. The van der Waals surface area contributed by atoms with E-state index in [9.17, 15) is 4.79 Å². The summed E-state index contributed by atoms with van der Waals surface area (Å²) in [5.74, 6) is 0.370. The van der Waals surface area contributed by atoms with Gasteiger partial charge in [-0.05, 0) is 43.2 Å². The van der Waals surface area contributed by atoms with E-state index < -0.39 is 0 Å². The fourth-order valence-electron chi connectivity index (χ4n) is 2.09. The number of carbonyl (C=O) groups excluding carboxylic acids is 1. The number of hydrogen-bond donors (Lipinski definition) is 0. The third-order valence-electron chi connectivity index (χ3n) is 3.00. The molecule has 0 amide bonds. The normalized spacial score (nSPS) is 10.9. The summed E-state index contributed by atoms with van der Waals surface area (Å²) in [6, 6.07) is 5.69. The molecule has 0 radical (unpaired) electrons. The van der Waals surface area contributed by atoms with Gasteiger partial charge in [0.2, 0.25) is 0 Å². The van der Waals surface area contributed by atoms with Gasteiger partial charge in [-0.1, -0.05) is 6.07 Å². The highest BCUT2D eigenvalue weighted by molar-refractivity contribution is 5.97. The molecule has 0 fully saturated rings. The molecule has 0 atom stereocenters. The van der Waals surface area contributed by atoms with Gasteiger partial charge in [-0.25, -0.2) is 4.79 Å². The molecule has 0 saturated heterocycles. The SMILES string of the molecule is CCOC(=O)/C=C/c1ccc(OC)c2nccc(C)c12. The summed E-state index contributed by atoms with van der Waals surface area (Å²) in [7, 11) is 1.62. The number of ether oxygens (including phenoxy) is 2. The predicted molar refractivity (Wildman–Crippen MR) is 78.7 cm³/mol. The fourth-order valence-corrected chi connectivity index (χ4v) is 2.09. The average Bonchev–Trinajstić information content (AvgIpc) is 2.45. The minimum absolute atomic E-state index is 0.349. The van der Waals surface area contributed by atoms with Gasteiger partial charge in [-0.2, -0.15) is 0 Å². The molecule has 0 saturated carbocycles. The first-order chi connectivity index (χ1) is 9.67. The Morgan fingerprint density at radius 2 is 2.15 bits per heavy atom. The summed E-state index contributed by atoms with van der Waals surface area (Å²) in [4.78, 5) is 15.8. The second-order valence-electron chi connectivity index (χ2n) is 4.29. The largest absolute Gasteiger partial charge is 0.494 e. The van der Waals surface area contributed by atoms with E-state index in [4.69, 9.17) is 9.47 Å². The van der Waals surface area contributed by atoms with Gasteiger partial charge in [-0.3, -0.25) is 4.98 Å². The molecule has 0 aliphatic carbocycles. The summed E-state index contributed by atoms with van der Waals surface area (Å²) in [6.45, 7) is 4.15. The van der Waals surface area contributed by atoms with Crippen LogP contribution in [0, 0.1) is 6.92 Å². The number of carbonyl (C=O) groups is 1. The average molecular weight is 271 g/mol. The van der Waals surface area contributed by atoms with Crippen molar-refractivity contribution in [1.82, 2.24) is 4.98 Å². The zero-order valence-electron chi connectivity index (χ0n) is 11.8. The first-order valence-electron chi connectivity index (χ1n) is 6.44. The lowest BCUT2D eigenvalue weighted by atomic mass is 10.0. The molecule has 0 N–H and O–H groups in total. The highest BCUT2D eigenvalue weighted by atomic mass is 16.5. The van der Waals surface area contributed by atoms with Crippen LogP contribution in [0.5, 0.6) is 5.75 Å². The molecule has 0 unspecified atom stereocenters. The number of nitrogens with zero attached hydrogens (tertiary/aromatic N) is 1. The minimum atomic E-state index is -0.349. The highest BCUT2D eigenvalue weighted by Gasteiger charge is 2.08. The van der Waals surface area contributed by atoms with E-state index >= 15 is 0 Å². The van der Waals surface area contributed by atoms with Crippen molar-refractivity contribution in [2.75, 3.05) is 13.7 Å². The Bertz CT molecular complexity index is 662. The Hall–Kier alpha value is -2.36. The molecule has 2 rings (SSSR count). The van der Waals surface area contributed by atoms with E-state index in [1.165, 1.54) is 6.08 Å². The molecule has 2 aromatic rings. The van der Waals surface area contributed by atoms with Crippen molar-refractivity contribution in [1.29, 1.82) is 0 Å². The number of benzene rings is 1. The standard InChI is InChI=1S/C16H17NO3/c1-4-20-14(18)8-6-12-5-7-13(19-3)16-15(12)11(2)9-10-17-16/h5-10H,4H2,1-3H3/b8-6+. The maximum absolute atomic E-state index is 11.4. The molecule has 4 heteroatoms. The first kappa shape index (κ1) is 14.1. The highest BCUT2D eigenvalue weighted by Crippen LogP contribution is 2.29. The van der Waals surface area contributed by atoms with Crippen LogP contribution in [0.3, 0.4) is 0 Å². The Morgan fingerprint density at radius 3 is 2.85 bits per heavy atom. The number of methoxy groups -OCH3 is 1. The van der Waals surface area contributed by atoms with Crippen LogP contribution in [-0.2, 0) is 9.53 Å². The maximum atomic E-state index is 11.4. The number of rotatable bonds is 4. The third kappa shape index (κ3) is 2.79. The van der Waals surface area contributed by atoms with Crippen molar-refractivity contribution in [3.8, 4) is 5.75 Å². The lowest BCUT2D eigenvalue weighted by Crippen LogP contribution is -1.99. The van der Waals surface area contributed by atoms with Crippen molar-refractivity contribution >= 4 is 22.9 Å². The second-order valence-corrected chi connectivity index (χ2v) is 4.29. The van der Waals surface area contributed by atoms with Gasteiger partial charge in [0.05, 0.1) is 13.7 Å². The second kappa shape index (κ2) is 6.19. The van der Waals surface area contributed by atoms with E-state index in [1.54, 1.807) is 26.3 Å². The number of hydrogen-bond acceptors (Lipinski definition) is 4. The zero-order valence-corrected chi connectivity index (χ0v) is 11.8. The predicted octanol–water partition coefficient (Wildman–Crippen LogP) is 3.13. The van der Waals surface area contributed by atoms with Crippen LogP contribution in [0.25, 0.3) is 17.0 Å². The van der Waals surface area contributed by atoms with Crippen LogP contribution >= 0.6 is 0 Å². The van der Waals surface area contributed by atoms with Crippen molar-refractivity contribution in [3.63, 3.8) is 0 Å². The maximum Gasteiger partial charge on any atom is 0.330 e. The number of esters is 1. The molecule has 0 spiro atoms. The molecular formula is C16H17NO3. The molecule has 0 bridgehead atoms. The smallest absolute Gasteiger partial charge is 0.330 e. The number of fused-ring (bicyclic) bond motifs is 1. The molecule has 1 aromatic heterocycles.